The molecule has 2 heterocycles. The molecule has 0 saturated heterocycles. The Kier molecular flexibility index (Phi) is 6.14. The zero-order chi connectivity index (χ0) is 20.3. The predicted octanol–water partition coefficient (Wildman–Crippen LogP) is 3.96. The highest BCUT2D eigenvalue weighted by Gasteiger charge is 2.21. The summed E-state index contributed by atoms with van der Waals surface area (Å²) in [6, 6.07) is 11.5. The predicted molar refractivity (Wildman–Crippen MR) is 111 cm³/mol. The number of aryl methyl sites for hydroxylation is 1. The van der Waals surface area contributed by atoms with E-state index < -0.39 is 5.97 Å². The van der Waals surface area contributed by atoms with E-state index in [1.807, 2.05) is 48.1 Å². The SMILES string of the molecule is CC(C)c1nn(C)c2sc(C(=O)NC(CCC(=O)O)Cc3ccccc3)cc12. The van der Waals surface area contributed by atoms with Crippen LogP contribution in [0.15, 0.2) is 36.4 Å². The maximum Gasteiger partial charge on any atom is 0.303 e. The molecule has 148 valence electrons. The summed E-state index contributed by atoms with van der Waals surface area (Å²) in [4.78, 5) is 25.5. The number of nitrogens with zero attached hydrogens (tertiary/aromatic N) is 2. The summed E-state index contributed by atoms with van der Waals surface area (Å²) >= 11 is 1.42. The first kappa shape index (κ1) is 20.1. The molecule has 0 aliphatic rings. The monoisotopic (exact) mass is 399 g/mol. The topological polar surface area (TPSA) is 84.2 Å². The largest absolute Gasteiger partial charge is 0.481 e. The highest BCUT2D eigenvalue weighted by atomic mass is 32.1. The molecule has 6 nitrogen and oxygen atoms in total. The van der Waals surface area contributed by atoms with Crippen molar-refractivity contribution in [2.45, 2.75) is 45.1 Å². The minimum Gasteiger partial charge on any atom is -0.481 e. The quantitative estimate of drug-likeness (QED) is 0.600. The molecule has 0 fully saturated rings. The normalized spacial score (nSPS) is 12.4. The number of hydrogen-bond acceptors (Lipinski definition) is 4. The summed E-state index contributed by atoms with van der Waals surface area (Å²) in [7, 11) is 1.89. The van der Waals surface area contributed by atoms with E-state index in [4.69, 9.17) is 5.11 Å². The van der Waals surface area contributed by atoms with E-state index in [1.165, 1.54) is 11.3 Å². The number of nitrogens with one attached hydrogen (secondary N) is 1. The van der Waals surface area contributed by atoms with Crippen LogP contribution < -0.4 is 5.32 Å². The first-order valence-corrected chi connectivity index (χ1v) is 10.2. The molecular weight excluding hydrogens is 374 g/mol. The summed E-state index contributed by atoms with van der Waals surface area (Å²) in [6.07, 6.45) is 1.01. The van der Waals surface area contributed by atoms with Gasteiger partial charge in [0.2, 0.25) is 0 Å². The van der Waals surface area contributed by atoms with Gasteiger partial charge in [0, 0.05) is 24.9 Å². The van der Waals surface area contributed by atoms with Crippen LogP contribution in [0.1, 0.15) is 53.5 Å². The van der Waals surface area contributed by atoms with Crippen molar-refractivity contribution >= 4 is 33.4 Å². The lowest BCUT2D eigenvalue weighted by atomic mass is 10.0. The molecule has 1 atom stereocenters. The molecule has 3 rings (SSSR count). The van der Waals surface area contributed by atoms with Crippen LogP contribution in [0.4, 0.5) is 0 Å². The molecule has 1 amide bonds. The number of carbonyl (C=O) groups is 2. The van der Waals surface area contributed by atoms with Crippen LogP contribution in [0.3, 0.4) is 0 Å². The third kappa shape index (κ3) is 4.59. The highest BCUT2D eigenvalue weighted by Crippen LogP contribution is 2.31. The van der Waals surface area contributed by atoms with Gasteiger partial charge >= 0.3 is 5.97 Å². The van der Waals surface area contributed by atoms with Crippen molar-refractivity contribution in [3.05, 3.63) is 52.5 Å². The number of carboxylic acid groups (broad SMARTS) is 1. The number of aromatic nitrogens is 2. The summed E-state index contributed by atoms with van der Waals surface area (Å²) < 4.78 is 1.82. The van der Waals surface area contributed by atoms with Gasteiger partial charge in [-0.2, -0.15) is 5.10 Å². The molecule has 2 aromatic heterocycles. The summed E-state index contributed by atoms with van der Waals surface area (Å²) in [5.41, 5.74) is 2.06. The summed E-state index contributed by atoms with van der Waals surface area (Å²) in [6.45, 7) is 4.17. The number of rotatable bonds is 8. The number of benzene rings is 1. The molecule has 2 N–H and O–H groups in total. The lowest BCUT2D eigenvalue weighted by Gasteiger charge is -2.18. The van der Waals surface area contributed by atoms with Crippen LogP contribution in [0.25, 0.3) is 10.2 Å². The number of hydrogen-bond donors (Lipinski definition) is 2. The number of thiophene rings is 1. The second-order valence-electron chi connectivity index (χ2n) is 7.29. The molecule has 0 bridgehead atoms. The number of aliphatic carboxylic acids is 1. The molecule has 1 aromatic carbocycles. The van der Waals surface area contributed by atoms with Gasteiger partial charge in [0.05, 0.1) is 10.6 Å². The Bertz CT molecular complexity index is 976. The van der Waals surface area contributed by atoms with E-state index in [9.17, 15) is 9.59 Å². The molecule has 3 aromatic rings. The van der Waals surface area contributed by atoms with E-state index in [-0.39, 0.29) is 24.3 Å². The van der Waals surface area contributed by atoms with Crippen molar-refractivity contribution in [2.24, 2.45) is 7.05 Å². The summed E-state index contributed by atoms with van der Waals surface area (Å²) in [5.74, 6) is -0.750. The average molecular weight is 400 g/mol. The lowest BCUT2D eigenvalue weighted by Crippen LogP contribution is -2.36. The van der Waals surface area contributed by atoms with Gasteiger partial charge in [-0.25, -0.2) is 0 Å². The lowest BCUT2D eigenvalue weighted by molar-refractivity contribution is -0.137. The van der Waals surface area contributed by atoms with Crippen LogP contribution in [0.5, 0.6) is 0 Å². The van der Waals surface area contributed by atoms with Gasteiger partial charge < -0.3 is 10.4 Å². The highest BCUT2D eigenvalue weighted by molar-refractivity contribution is 7.20. The van der Waals surface area contributed by atoms with Crippen LogP contribution in [-0.2, 0) is 18.3 Å². The van der Waals surface area contributed by atoms with Gasteiger partial charge in [0.25, 0.3) is 5.91 Å². The molecule has 7 heteroatoms. The van der Waals surface area contributed by atoms with Crippen molar-refractivity contribution < 1.29 is 14.7 Å². The number of carbonyl (C=O) groups excluding carboxylic acids is 1. The van der Waals surface area contributed by atoms with Gasteiger partial charge in [-0.15, -0.1) is 11.3 Å². The fraction of sp³-hybridized carbons (Fsp3) is 0.381. The minimum absolute atomic E-state index is 0.0195. The zero-order valence-electron chi connectivity index (χ0n) is 16.3. The van der Waals surface area contributed by atoms with E-state index in [0.29, 0.717) is 17.7 Å². The minimum atomic E-state index is -0.859. The van der Waals surface area contributed by atoms with Crippen LogP contribution in [0, 0.1) is 0 Å². The Morgan fingerprint density at radius 3 is 2.61 bits per heavy atom. The van der Waals surface area contributed by atoms with Gasteiger partial charge in [0.1, 0.15) is 4.83 Å². The maximum absolute atomic E-state index is 12.9. The van der Waals surface area contributed by atoms with Crippen molar-refractivity contribution in [1.29, 1.82) is 0 Å². The van der Waals surface area contributed by atoms with Crippen LogP contribution in [-0.4, -0.2) is 32.8 Å². The fourth-order valence-corrected chi connectivity index (χ4v) is 4.27. The third-order valence-electron chi connectivity index (χ3n) is 4.68. The van der Waals surface area contributed by atoms with E-state index in [1.54, 1.807) is 0 Å². The van der Waals surface area contributed by atoms with Crippen LogP contribution in [0.2, 0.25) is 0 Å². The number of carboxylic acids is 1. The van der Waals surface area contributed by atoms with Gasteiger partial charge in [0.15, 0.2) is 0 Å². The van der Waals surface area contributed by atoms with Gasteiger partial charge in [-0.05, 0) is 30.4 Å². The molecule has 1 unspecified atom stereocenters. The molecule has 0 spiro atoms. The second-order valence-corrected chi connectivity index (χ2v) is 8.32. The average Bonchev–Trinajstić information content (AvgIpc) is 3.21. The van der Waals surface area contributed by atoms with E-state index >= 15 is 0 Å². The Morgan fingerprint density at radius 1 is 1.25 bits per heavy atom. The Morgan fingerprint density at radius 2 is 1.96 bits per heavy atom. The molecular formula is C21H25N3O3S. The zero-order valence-corrected chi connectivity index (χ0v) is 17.1. The van der Waals surface area contributed by atoms with Crippen molar-refractivity contribution in [1.82, 2.24) is 15.1 Å². The third-order valence-corrected chi connectivity index (χ3v) is 5.88. The molecule has 0 aliphatic heterocycles. The van der Waals surface area contributed by atoms with E-state index in [0.717, 1.165) is 21.5 Å². The van der Waals surface area contributed by atoms with Crippen LogP contribution >= 0.6 is 11.3 Å². The smallest absolute Gasteiger partial charge is 0.303 e. The number of fused-ring (bicyclic) bond motifs is 1. The first-order chi connectivity index (χ1) is 13.3. The molecule has 0 aliphatic carbocycles. The molecule has 0 saturated carbocycles. The van der Waals surface area contributed by atoms with Gasteiger partial charge in [-0.1, -0.05) is 44.2 Å². The Hall–Kier alpha value is -2.67. The van der Waals surface area contributed by atoms with E-state index in [2.05, 4.69) is 24.3 Å². The Balaban J connectivity index is 1.79. The van der Waals surface area contributed by atoms with Crippen molar-refractivity contribution in [2.75, 3.05) is 0 Å². The molecule has 28 heavy (non-hydrogen) atoms. The van der Waals surface area contributed by atoms with Crippen molar-refractivity contribution in [3.63, 3.8) is 0 Å². The first-order valence-electron chi connectivity index (χ1n) is 9.38. The van der Waals surface area contributed by atoms with Gasteiger partial charge in [-0.3, -0.25) is 14.3 Å². The fourth-order valence-electron chi connectivity index (χ4n) is 3.28. The summed E-state index contributed by atoms with van der Waals surface area (Å²) in [5, 5.41) is 17.6. The standard InChI is InChI=1S/C21H25N3O3S/c1-13(2)19-16-12-17(28-21(16)24(3)23-19)20(27)22-15(9-10-18(25)26)11-14-7-5-4-6-8-14/h4-8,12-13,15H,9-11H2,1-3H3,(H,22,27)(H,25,26). The second kappa shape index (κ2) is 8.56. The number of amides is 1. The molecule has 0 radical (unpaired) electrons. The Labute approximate surface area is 168 Å². The maximum atomic E-state index is 12.9. The van der Waals surface area contributed by atoms with Crippen molar-refractivity contribution in [3.8, 4) is 0 Å².